The van der Waals surface area contributed by atoms with Crippen LogP contribution in [0.4, 0.5) is 0 Å². The van der Waals surface area contributed by atoms with Crippen LogP contribution in [-0.2, 0) is 0 Å². The highest BCUT2D eigenvalue weighted by molar-refractivity contribution is 4.91. The molecule has 0 heterocycles. The van der Waals surface area contributed by atoms with Crippen LogP contribution in [0.15, 0.2) is 0 Å². The topological polar surface area (TPSA) is 49.5 Å². The number of likely N-dealkylation sites (N-methyl/N-ethyl adjacent to an activating group) is 1. The van der Waals surface area contributed by atoms with E-state index in [1.807, 2.05) is 0 Å². The first-order valence-electron chi connectivity index (χ1n) is 6.74. The van der Waals surface area contributed by atoms with E-state index in [9.17, 15) is 0 Å². The van der Waals surface area contributed by atoms with Crippen LogP contribution in [0.5, 0.6) is 0 Å². The third kappa shape index (κ3) is 2.96. The van der Waals surface area contributed by atoms with Gasteiger partial charge in [0.2, 0.25) is 0 Å². The first-order chi connectivity index (χ1) is 7.69. The fraction of sp³-hybridized carbons (Fsp3) is 1.00. The second-order valence-corrected chi connectivity index (χ2v) is 5.93. The first-order valence-corrected chi connectivity index (χ1v) is 6.74. The normalized spacial score (nSPS) is 34.9. The Balaban J connectivity index is 1.69. The fourth-order valence-corrected chi connectivity index (χ4v) is 3.73. The summed E-state index contributed by atoms with van der Waals surface area (Å²) in [5.74, 6) is 2.96. The van der Waals surface area contributed by atoms with E-state index in [-0.39, 0.29) is 12.6 Å². The molecule has 2 rings (SSSR count). The molecule has 0 amide bonds. The van der Waals surface area contributed by atoms with Crippen molar-refractivity contribution in [3.8, 4) is 0 Å². The SMILES string of the molecule is CN(CC(N)CCO)CC1CC2CCC1C2. The Morgan fingerprint density at radius 2 is 2.19 bits per heavy atom. The van der Waals surface area contributed by atoms with E-state index in [1.165, 1.54) is 32.2 Å². The van der Waals surface area contributed by atoms with Gasteiger partial charge in [0.05, 0.1) is 0 Å². The van der Waals surface area contributed by atoms with E-state index < -0.39 is 0 Å². The van der Waals surface area contributed by atoms with Gasteiger partial charge >= 0.3 is 0 Å². The van der Waals surface area contributed by atoms with Crippen LogP contribution < -0.4 is 5.73 Å². The molecular weight excluding hydrogens is 200 g/mol. The lowest BCUT2D eigenvalue weighted by Crippen LogP contribution is -2.39. The van der Waals surface area contributed by atoms with E-state index in [0.29, 0.717) is 0 Å². The number of nitrogens with zero attached hydrogens (tertiary/aromatic N) is 1. The van der Waals surface area contributed by atoms with Crippen LogP contribution in [0.25, 0.3) is 0 Å². The molecule has 2 fully saturated rings. The number of hydrogen-bond donors (Lipinski definition) is 2. The maximum absolute atomic E-state index is 8.82. The van der Waals surface area contributed by atoms with Crippen molar-refractivity contribution in [1.82, 2.24) is 4.90 Å². The average molecular weight is 226 g/mol. The van der Waals surface area contributed by atoms with Gasteiger partial charge < -0.3 is 15.7 Å². The van der Waals surface area contributed by atoms with Crippen LogP contribution >= 0.6 is 0 Å². The lowest BCUT2D eigenvalue weighted by atomic mass is 9.88. The third-order valence-electron chi connectivity index (χ3n) is 4.48. The monoisotopic (exact) mass is 226 g/mol. The lowest BCUT2D eigenvalue weighted by molar-refractivity contribution is 0.199. The largest absolute Gasteiger partial charge is 0.396 e. The molecule has 0 aromatic rings. The average Bonchev–Trinajstić information content (AvgIpc) is 2.78. The van der Waals surface area contributed by atoms with Gasteiger partial charge in [-0.05, 0) is 50.5 Å². The quantitative estimate of drug-likeness (QED) is 0.712. The van der Waals surface area contributed by atoms with Crippen molar-refractivity contribution in [3.63, 3.8) is 0 Å². The zero-order valence-corrected chi connectivity index (χ0v) is 10.4. The minimum absolute atomic E-state index is 0.133. The molecule has 0 aliphatic heterocycles. The molecule has 2 bridgehead atoms. The maximum Gasteiger partial charge on any atom is 0.0446 e. The Morgan fingerprint density at radius 1 is 1.38 bits per heavy atom. The summed E-state index contributed by atoms with van der Waals surface area (Å²) in [4.78, 5) is 2.37. The van der Waals surface area contributed by atoms with Gasteiger partial charge in [-0.3, -0.25) is 0 Å². The lowest BCUT2D eigenvalue weighted by Gasteiger charge is -2.28. The van der Waals surface area contributed by atoms with E-state index in [4.69, 9.17) is 10.8 Å². The zero-order chi connectivity index (χ0) is 11.5. The highest BCUT2D eigenvalue weighted by Crippen LogP contribution is 2.48. The Hall–Kier alpha value is -0.120. The van der Waals surface area contributed by atoms with Crippen LogP contribution in [-0.4, -0.2) is 42.8 Å². The van der Waals surface area contributed by atoms with Gasteiger partial charge in [-0.15, -0.1) is 0 Å². The fourth-order valence-electron chi connectivity index (χ4n) is 3.73. The second-order valence-electron chi connectivity index (χ2n) is 5.93. The minimum atomic E-state index is 0.133. The number of hydrogen-bond acceptors (Lipinski definition) is 3. The minimum Gasteiger partial charge on any atom is -0.396 e. The van der Waals surface area contributed by atoms with Crippen molar-refractivity contribution in [3.05, 3.63) is 0 Å². The van der Waals surface area contributed by atoms with Crippen molar-refractivity contribution < 1.29 is 5.11 Å². The Labute approximate surface area is 99.0 Å². The second kappa shape index (κ2) is 5.48. The van der Waals surface area contributed by atoms with Crippen molar-refractivity contribution in [1.29, 1.82) is 0 Å². The molecule has 4 unspecified atom stereocenters. The van der Waals surface area contributed by atoms with Gasteiger partial charge in [0.1, 0.15) is 0 Å². The smallest absolute Gasteiger partial charge is 0.0446 e. The standard InChI is InChI=1S/C13H26N2O/c1-15(9-13(14)4-5-16)8-12-7-10-2-3-11(12)6-10/h10-13,16H,2-9,14H2,1H3. The number of aliphatic hydroxyl groups is 1. The van der Waals surface area contributed by atoms with Crippen molar-refractivity contribution in [2.45, 2.75) is 38.1 Å². The summed E-state index contributed by atoms with van der Waals surface area (Å²) >= 11 is 0. The number of aliphatic hydroxyl groups excluding tert-OH is 1. The highest BCUT2D eigenvalue weighted by atomic mass is 16.3. The van der Waals surface area contributed by atoms with E-state index >= 15 is 0 Å². The van der Waals surface area contributed by atoms with Gasteiger partial charge in [0, 0.05) is 25.7 Å². The van der Waals surface area contributed by atoms with Crippen LogP contribution in [0.3, 0.4) is 0 Å². The Morgan fingerprint density at radius 3 is 2.75 bits per heavy atom. The van der Waals surface area contributed by atoms with Crippen LogP contribution in [0.1, 0.15) is 32.1 Å². The van der Waals surface area contributed by atoms with E-state index in [1.54, 1.807) is 0 Å². The molecule has 94 valence electrons. The van der Waals surface area contributed by atoms with E-state index in [0.717, 1.165) is 30.7 Å². The molecule has 3 heteroatoms. The van der Waals surface area contributed by atoms with Crippen LogP contribution in [0.2, 0.25) is 0 Å². The molecule has 0 aromatic heterocycles. The van der Waals surface area contributed by atoms with Gasteiger partial charge in [0.15, 0.2) is 0 Å². The van der Waals surface area contributed by atoms with Crippen LogP contribution in [0, 0.1) is 17.8 Å². The van der Waals surface area contributed by atoms with Crippen molar-refractivity contribution in [2.24, 2.45) is 23.5 Å². The molecule has 16 heavy (non-hydrogen) atoms. The highest BCUT2D eigenvalue weighted by Gasteiger charge is 2.39. The molecule has 2 aliphatic carbocycles. The summed E-state index contributed by atoms with van der Waals surface area (Å²) in [6.07, 6.45) is 6.60. The Kier molecular flexibility index (Phi) is 4.22. The molecule has 0 aromatic carbocycles. The molecule has 2 saturated carbocycles. The van der Waals surface area contributed by atoms with E-state index in [2.05, 4.69) is 11.9 Å². The number of nitrogens with two attached hydrogens (primary N) is 1. The zero-order valence-electron chi connectivity index (χ0n) is 10.4. The molecule has 0 saturated heterocycles. The summed E-state index contributed by atoms with van der Waals surface area (Å²) in [6, 6.07) is 0.133. The predicted octanol–water partition coefficient (Wildman–Crippen LogP) is 1.06. The number of fused-ring (bicyclic) bond motifs is 2. The van der Waals surface area contributed by atoms with Gasteiger partial charge in [-0.2, -0.15) is 0 Å². The molecule has 2 aliphatic rings. The van der Waals surface area contributed by atoms with Crippen molar-refractivity contribution in [2.75, 3.05) is 26.7 Å². The molecule has 3 N–H and O–H groups in total. The van der Waals surface area contributed by atoms with Crippen molar-refractivity contribution >= 4 is 0 Å². The molecule has 3 nitrogen and oxygen atoms in total. The number of rotatable bonds is 6. The summed E-state index contributed by atoms with van der Waals surface area (Å²) in [7, 11) is 2.17. The van der Waals surface area contributed by atoms with Gasteiger partial charge in [-0.1, -0.05) is 6.42 Å². The molecule has 0 radical (unpaired) electrons. The van der Waals surface area contributed by atoms with Gasteiger partial charge in [0.25, 0.3) is 0 Å². The molecular formula is C13H26N2O. The summed E-state index contributed by atoms with van der Waals surface area (Å²) in [6.45, 7) is 2.35. The third-order valence-corrected chi connectivity index (χ3v) is 4.48. The molecule has 0 spiro atoms. The van der Waals surface area contributed by atoms with Gasteiger partial charge in [-0.25, -0.2) is 0 Å². The summed E-state index contributed by atoms with van der Waals surface area (Å²) in [5, 5.41) is 8.82. The molecule has 4 atom stereocenters. The predicted molar refractivity (Wildman–Crippen MR) is 66.1 cm³/mol. The summed E-state index contributed by atoms with van der Waals surface area (Å²) in [5.41, 5.74) is 5.93. The Bertz CT molecular complexity index is 222. The summed E-state index contributed by atoms with van der Waals surface area (Å²) < 4.78 is 0. The first kappa shape index (κ1) is 12.3. The maximum atomic E-state index is 8.82.